The number of hydrogen-bond acceptors (Lipinski definition) is 12. The van der Waals surface area contributed by atoms with Crippen molar-refractivity contribution in [1.82, 2.24) is 16.0 Å². The number of fused-ring (bicyclic) bond motifs is 2. The molecule has 0 aromatic carbocycles. The predicted molar refractivity (Wildman–Crippen MR) is 122 cm³/mol. The molecule has 0 radical (unpaired) electrons. The number of aliphatic carboxylic acids is 1. The molecule has 3 aliphatic rings. The van der Waals surface area contributed by atoms with E-state index in [1.54, 1.807) is 0 Å². The minimum atomic E-state index is -1.58. The summed E-state index contributed by atoms with van der Waals surface area (Å²) in [4.78, 5) is 47.5. The van der Waals surface area contributed by atoms with Gasteiger partial charge in [0.15, 0.2) is 12.6 Å². The lowest BCUT2D eigenvalue weighted by Gasteiger charge is -2.47. The molecule has 216 valence electrons. The Bertz CT molecular complexity index is 891. The highest BCUT2D eigenvalue weighted by Gasteiger charge is 2.56. The predicted octanol–water partition coefficient (Wildman–Crippen LogP) is -4.06. The van der Waals surface area contributed by atoms with E-state index in [4.69, 9.17) is 28.8 Å². The normalized spacial score (nSPS) is 38.1. The fourth-order valence-electron chi connectivity index (χ4n) is 4.52. The van der Waals surface area contributed by atoms with Crippen LogP contribution < -0.4 is 16.0 Å². The van der Waals surface area contributed by atoms with E-state index in [9.17, 15) is 34.5 Å². The lowest BCUT2D eigenvalue weighted by molar-refractivity contribution is -0.313. The summed E-state index contributed by atoms with van der Waals surface area (Å²) in [6.45, 7) is 4.41. The van der Waals surface area contributed by atoms with Crippen LogP contribution in [0, 0.1) is 0 Å². The van der Waals surface area contributed by atoms with E-state index in [0.29, 0.717) is 0 Å². The Labute approximate surface area is 217 Å². The maximum absolute atomic E-state index is 12.6. The summed E-state index contributed by atoms with van der Waals surface area (Å²) in [5.41, 5.74) is 0. The standard InChI is InChI=1S/C22H35N3O13/c1-7(20(32)33)23-19(31)8(2)35-18-14(25-10(4)28)21-34-6-12(37-21)17(18)38-22-13(24-9(3)27)16(30)15(29)11(5-26)36-22/h7-8,11-18,21-22,26,29-30H,5-6H2,1-4H3,(H,23,31)(H,24,27)(H,25,28)(H,32,33). The molecular weight excluding hydrogens is 514 g/mol. The molecule has 3 heterocycles. The Morgan fingerprint density at radius 1 is 0.974 bits per heavy atom. The van der Waals surface area contributed by atoms with E-state index in [1.165, 1.54) is 27.7 Å². The highest BCUT2D eigenvalue weighted by atomic mass is 16.8. The van der Waals surface area contributed by atoms with Crippen molar-refractivity contribution < 1.29 is 63.3 Å². The molecule has 0 saturated carbocycles. The number of ether oxygens (including phenoxy) is 5. The average molecular weight is 550 g/mol. The van der Waals surface area contributed by atoms with E-state index in [2.05, 4.69) is 16.0 Å². The average Bonchev–Trinajstić information content (AvgIpc) is 3.28. The molecule has 7 N–H and O–H groups in total. The Kier molecular flexibility index (Phi) is 9.99. The lowest BCUT2D eigenvalue weighted by atomic mass is 9.95. The van der Waals surface area contributed by atoms with Crippen LogP contribution in [0.25, 0.3) is 0 Å². The summed E-state index contributed by atoms with van der Waals surface area (Å²) in [6.07, 6.45) is -11.1. The van der Waals surface area contributed by atoms with Crippen LogP contribution in [0.5, 0.6) is 0 Å². The monoisotopic (exact) mass is 549 g/mol. The maximum atomic E-state index is 12.6. The van der Waals surface area contributed by atoms with Crippen LogP contribution in [0.3, 0.4) is 0 Å². The highest BCUT2D eigenvalue weighted by Crippen LogP contribution is 2.35. The first-order chi connectivity index (χ1) is 17.8. The third-order valence-electron chi connectivity index (χ3n) is 6.44. The molecule has 16 heteroatoms. The number of aliphatic hydroxyl groups is 3. The molecule has 3 aliphatic heterocycles. The first kappa shape index (κ1) is 30.1. The smallest absolute Gasteiger partial charge is 0.325 e. The zero-order valence-electron chi connectivity index (χ0n) is 21.3. The van der Waals surface area contributed by atoms with Gasteiger partial charge in [0.1, 0.15) is 60.9 Å². The number of amides is 3. The molecule has 12 unspecified atom stereocenters. The van der Waals surface area contributed by atoms with Crippen molar-refractivity contribution in [1.29, 1.82) is 0 Å². The number of carboxylic acids is 1. The fraction of sp³-hybridized carbons (Fsp3) is 0.818. The number of rotatable bonds is 10. The second kappa shape index (κ2) is 12.6. The first-order valence-electron chi connectivity index (χ1n) is 12.1. The van der Waals surface area contributed by atoms with Crippen LogP contribution in [0.4, 0.5) is 0 Å². The molecule has 2 bridgehead atoms. The van der Waals surface area contributed by atoms with Gasteiger partial charge in [-0.05, 0) is 13.8 Å². The van der Waals surface area contributed by atoms with Crippen molar-refractivity contribution in [3.8, 4) is 0 Å². The molecule has 16 nitrogen and oxygen atoms in total. The minimum Gasteiger partial charge on any atom is -0.480 e. The number of carboxylic acid groups (broad SMARTS) is 1. The maximum Gasteiger partial charge on any atom is 0.325 e. The molecule has 3 saturated heterocycles. The van der Waals surface area contributed by atoms with E-state index in [-0.39, 0.29) is 6.61 Å². The molecule has 0 aromatic rings. The second-order valence-electron chi connectivity index (χ2n) is 9.45. The number of carbonyl (C=O) groups excluding carboxylic acids is 3. The van der Waals surface area contributed by atoms with Crippen molar-refractivity contribution in [3.05, 3.63) is 0 Å². The Hall–Kier alpha value is -2.44. The van der Waals surface area contributed by atoms with E-state index in [1.807, 2.05) is 0 Å². The Morgan fingerprint density at radius 3 is 2.18 bits per heavy atom. The molecule has 3 fully saturated rings. The van der Waals surface area contributed by atoms with Crippen molar-refractivity contribution in [2.45, 2.75) is 101 Å². The quantitative estimate of drug-likeness (QED) is 0.138. The largest absolute Gasteiger partial charge is 0.480 e. The van der Waals surface area contributed by atoms with Gasteiger partial charge >= 0.3 is 5.97 Å². The van der Waals surface area contributed by atoms with Crippen molar-refractivity contribution in [2.75, 3.05) is 13.2 Å². The molecule has 3 amide bonds. The Balaban J connectivity index is 1.89. The summed E-state index contributed by atoms with van der Waals surface area (Å²) in [6, 6.07) is -3.46. The van der Waals surface area contributed by atoms with Gasteiger partial charge < -0.3 is 60.1 Å². The summed E-state index contributed by atoms with van der Waals surface area (Å²) in [5.74, 6) is -3.03. The van der Waals surface area contributed by atoms with Crippen molar-refractivity contribution in [2.24, 2.45) is 0 Å². The zero-order chi connectivity index (χ0) is 28.3. The highest BCUT2D eigenvalue weighted by molar-refractivity contribution is 5.85. The summed E-state index contributed by atoms with van der Waals surface area (Å²) in [7, 11) is 0. The van der Waals surface area contributed by atoms with E-state index in [0.717, 1.165) is 0 Å². The lowest BCUT2D eigenvalue weighted by Crippen LogP contribution is -2.68. The van der Waals surface area contributed by atoms with E-state index < -0.39 is 104 Å². The molecule has 38 heavy (non-hydrogen) atoms. The minimum absolute atomic E-state index is 0.00592. The van der Waals surface area contributed by atoms with Gasteiger partial charge in [-0.3, -0.25) is 19.2 Å². The Morgan fingerprint density at radius 2 is 1.61 bits per heavy atom. The van der Waals surface area contributed by atoms with Gasteiger partial charge in [-0.15, -0.1) is 0 Å². The van der Waals surface area contributed by atoms with Crippen LogP contribution in [-0.2, 0) is 42.9 Å². The molecule has 0 spiro atoms. The zero-order valence-corrected chi connectivity index (χ0v) is 21.3. The van der Waals surface area contributed by atoms with Crippen LogP contribution in [-0.4, -0.2) is 131 Å². The summed E-state index contributed by atoms with van der Waals surface area (Å²) >= 11 is 0. The summed E-state index contributed by atoms with van der Waals surface area (Å²) < 4.78 is 29.2. The number of nitrogens with one attached hydrogen (secondary N) is 3. The molecule has 0 aromatic heterocycles. The number of aliphatic hydroxyl groups excluding tert-OH is 3. The first-order valence-corrected chi connectivity index (χ1v) is 12.1. The third kappa shape index (κ3) is 6.76. The summed E-state index contributed by atoms with van der Waals surface area (Å²) in [5, 5.41) is 47.0. The van der Waals surface area contributed by atoms with Gasteiger partial charge in [0, 0.05) is 13.8 Å². The SMILES string of the molecule is CC(=O)NC1C(OC2C3COC(O3)C(NC(C)=O)C2OC(C)C(=O)NC(C)C(=O)O)OC(CO)C(O)C1O. The second-order valence-corrected chi connectivity index (χ2v) is 9.45. The van der Waals surface area contributed by atoms with Crippen LogP contribution in [0.15, 0.2) is 0 Å². The third-order valence-corrected chi connectivity index (χ3v) is 6.44. The van der Waals surface area contributed by atoms with Gasteiger partial charge in [-0.2, -0.15) is 0 Å². The molecule has 3 rings (SSSR count). The van der Waals surface area contributed by atoms with Gasteiger partial charge in [0.2, 0.25) is 17.7 Å². The van der Waals surface area contributed by atoms with Gasteiger partial charge in [0.05, 0.1) is 13.2 Å². The topological polar surface area (TPSA) is 231 Å². The van der Waals surface area contributed by atoms with Gasteiger partial charge in [-0.25, -0.2) is 0 Å². The molecular formula is C22H35N3O13. The van der Waals surface area contributed by atoms with Crippen LogP contribution in [0.2, 0.25) is 0 Å². The fourth-order valence-corrected chi connectivity index (χ4v) is 4.52. The van der Waals surface area contributed by atoms with Gasteiger partial charge in [0.25, 0.3) is 0 Å². The van der Waals surface area contributed by atoms with E-state index >= 15 is 0 Å². The number of hydrogen-bond donors (Lipinski definition) is 7. The molecule has 0 aliphatic carbocycles. The van der Waals surface area contributed by atoms with Crippen LogP contribution >= 0.6 is 0 Å². The van der Waals surface area contributed by atoms with Crippen molar-refractivity contribution >= 4 is 23.7 Å². The van der Waals surface area contributed by atoms with Crippen molar-refractivity contribution in [3.63, 3.8) is 0 Å². The number of carbonyl (C=O) groups is 4. The van der Waals surface area contributed by atoms with Gasteiger partial charge in [-0.1, -0.05) is 0 Å². The van der Waals surface area contributed by atoms with Crippen LogP contribution in [0.1, 0.15) is 27.7 Å². The molecule has 12 atom stereocenters.